The van der Waals surface area contributed by atoms with Crippen LogP contribution in [0.3, 0.4) is 0 Å². The quantitative estimate of drug-likeness (QED) is 0.605. The molecule has 4 atom stereocenters. The zero-order valence-electron chi connectivity index (χ0n) is 14.9. The van der Waals surface area contributed by atoms with Crippen molar-refractivity contribution in [1.82, 2.24) is 16.2 Å². The van der Waals surface area contributed by atoms with Crippen LogP contribution in [0.4, 0.5) is 0 Å². The summed E-state index contributed by atoms with van der Waals surface area (Å²) in [6.45, 7) is 6.01. The van der Waals surface area contributed by atoms with Gasteiger partial charge in [0.25, 0.3) is 0 Å². The average Bonchev–Trinajstić information content (AvgIpc) is 2.93. The van der Waals surface area contributed by atoms with E-state index >= 15 is 0 Å². The molecule has 6 nitrogen and oxygen atoms in total. The van der Waals surface area contributed by atoms with Crippen LogP contribution in [0, 0.1) is 11.8 Å². The average molecular weight is 335 g/mol. The molecule has 0 bridgehead atoms. The first kappa shape index (κ1) is 18.7. The van der Waals surface area contributed by atoms with Crippen molar-refractivity contribution >= 4 is 5.91 Å². The summed E-state index contributed by atoms with van der Waals surface area (Å²) in [6, 6.07) is 7.93. The summed E-state index contributed by atoms with van der Waals surface area (Å²) in [7, 11) is 1.64. The van der Waals surface area contributed by atoms with Gasteiger partial charge in [-0.2, -0.15) is 0 Å². The van der Waals surface area contributed by atoms with E-state index in [0.717, 1.165) is 11.3 Å². The Balaban J connectivity index is 2.04. The maximum Gasteiger partial charge on any atom is 0.220 e. The molecule has 1 aliphatic heterocycles. The van der Waals surface area contributed by atoms with Gasteiger partial charge in [0.05, 0.1) is 25.8 Å². The molecular weight excluding hydrogens is 306 g/mol. The lowest BCUT2D eigenvalue weighted by Gasteiger charge is -2.24. The zero-order chi connectivity index (χ0) is 17.7. The van der Waals surface area contributed by atoms with Gasteiger partial charge in [-0.1, -0.05) is 26.0 Å². The summed E-state index contributed by atoms with van der Waals surface area (Å²) in [4.78, 5) is 12.4. The van der Waals surface area contributed by atoms with Crippen molar-refractivity contribution in [3.05, 3.63) is 29.8 Å². The van der Waals surface area contributed by atoms with E-state index in [1.807, 2.05) is 38.1 Å². The van der Waals surface area contributed by atoms with Gasteiger partial charge in [-0.05, 0) is 30.5 Å². The molecule has 0 spiro atoms. The molecule has 3 unspecified atom stereocenters. The Morgan fingerprint density at radius 3 is 2.50 bits per heavy atom. The highest BCUT2D eigenvalue weighted by Crippen LogP contribution is 2.32. The molecule has 1 aromatic rings. The Morgan fingerprint density at radius 2 is 1.96 bits per heavy atom. The molecule has 134 valence electrons. The number of benzene rings is 1. The van der Waals surface area contributed by atoms with E-state index in [-0.39, 0.29) is 42.5 Å². The van der Waals surface area contributed by atoms with Gasteiger partial charge in [-0.3, -0.25) is 10.2 Å². The monoisotopic (exact) mass is 335 g/mol. The van der Waals surface area contributed by atoms with Crippen molar-refractivity contribution in [1.29, 1.82) is 0 Å². The van der Waals surface area contributed by atoms with E-state index in [2.05, 4.69) is 23.1 Å². The van der Waals surface area contributed by atoms with Crippen molar-refractivity contribution < 1.29 is 14.6 Å². The number of aliphatic hydroxyl groups is 1. The van der Waals surface area contributed by atoms with Crippen molar-refractivity contribution in [2.24, 2.45) is 11.8 Å². The van der Waals surface area contributed by atoms with Gasteiger partial charge in [0.15, 0.2) is 0 Å². The number of ether oxygens (including phenoxy) is 1. The first-order valence-electron chi connectivity index (χ1n) is 8.51. The van der Waals surface area contributed by atoms with Crippen molar-refractivity contribution in [3.63, 3.8) is 0 Å². The first-order chi connectivity index (χ1) is 11.5. The van der Waals surface area contributed by atoms with E-state index in [9.17, 15) is 9.90 Å². The molecule has 1 amide bonds. The first-order valence-corrected chi connectivity index (χ1v) is 8.51. The fourth-order valence-corrected chi connectivity index (χ4v) is 3.06. The number of nitrogens with one attached hydrogen (secondary N) is 3. The van der Waals surface area contributed by atoms with Crippen molar-refractivity contribution in [2.75, 3.05) is 13.7 Å². The van der Waals surface area contributed by atoms with E-state index in [1.54, 1.807) is 7.11 Å². The lowest BCUT2D eigenvalue weighted by molar-refractivity contribution is -0.123. The van der Waals surface area contributed by atoms with Gasteiger partial charge >= 0.3 is 0 Å². The molecule has 24 heavy (non-hydrogen) atoms. The summed E-state index contributed by atoms with van der Waals surface area (Å²) in [5.74, 6) is 1.12. The Hall–Kier alpha value is -1.63. The van der Waals surface area contributed by atoms with Gasteiger partial charge in [0.1, 0.15) is 5.75 Å². The van der Waals surface area contributed by atoms with E-state index < -0.39 is 0 Å². The van der Waals surface area contributed by atoms with Gasteiger partial charge in [-0.15, -0.1) is 0 Å². The highest BCUT2D eigenvalue weighted by Gasteiger charge is 2.35. The minimum Gasteiger partial charge on any atom is -0.497 e. The summed E-state index contributed by atoms with van der Waals surface area (Å²) in [5, 5.41) is 12.3. The number of amides is 1. The fraction of sp³-hybridized carbons (Fsp3) is 0.611. The second-order valence-corrected chi connectivity index (χ2v) is 6.80. The third kappa shape index (κ3) is 4.47. The SMILES string of the molecule is COc1ccc(C2NNC(C)C2CC(=O)N[C@@H](CO)C(C)C)cc1. The molecule has 0 aliphatic carbocycles. The van der Waals surface area contributed by atoms with Gasteiger partial charge < -0.3 is 15.2 Å². The minimum atomic E-state index is -0.199. The summed E-state index contributed by atoms with van der Waals surface area (Å²) < 4.78 is 5.20. The second kappa shape index (κ2) is 8.46. The Morgan fingerprint density at radius 1 is 1.29 bits per heavy atom. The molecule has 0 radical (unpaired) electrons. The number of hydrogen-bond acceptors (Lipinski definition) is 5. The van der Waals surface area contributed by atoms with Crippen LogP contribution in [-0.2, 0) is 4.79 Å². The number of hydrogen-bond donors (Lipinski definition) is 4. The van der Waals surface area contributed by atoms with E-state index in [1.165, 1.54) is 0 Å². The lowest BCUT2D eigenvalue weighted by atomic mass is 9.87. The summed E-state index contributed by atoms with van der Waals surface area (Å²) >= 11 is 0. The van der Waals surface area contributed by atoms with Gasteiger partial charge in [0.2, 0.25) is 5.91 Å². The largest absolute Gasteiger partial charge is 0.497 e. The molecule has 1 aromatic carbocycles. The number of carbonyl (C=O) groups is 1. The molecule has 2 rings (SSSR count). The number of aliphatic hydroxyl groups excluding tert-OH is 1. The van der Waals surface area contributed by atoms with Crippen LogP contribution in [0.2, 0.25) is 0 Å². The van der Waals surface area contributed by atoms with Crippen LogP contribution in [0.15, 0.2) is 24.3 Å². The molecule has 4 N–H and O–H groups in total. The lowest BCUT2D eigenvalue weighted by Crippen LogP contribution is -2.42. The minimum absolute atomic E-state index is 0.0244. The fourth-order valence-electron chi connectivity index (χ4n) is 3.06. The third-order valence-electron chi connectivity index (χ3n) is 4.78. The molecule has 1 fully saturated rings. The number of carbonyl (C=O) groups excluding carboxylic acids is 1. The van der Waals surface area contributed by atoms with Crippen molar-refractivity contribution in [3.8, 4) is 5.75 Å². The van der Waals surface area contributed by atoms with E-state index in [4.69, 9.17) is 4.74 Å². The third-order valence-corrected chi connectivity index (χ3v) is 4.78. The Kier molecular flexibility index (Phi) is 6.60. The Bertz CT molecular complexity index is 533. The molecule has 1 heterocycles. The topological polar surface area (TPSA) is 82.6 Å². The highest BCUT2D eigenvalue weighted by molar-refractivity contribution is 5.76. The Labute approximate surface area is 143 Å². The van der Waals surface area contributed by atoms with E-state index in [0.29, 0.717) is 6.42 Å². The maximum absolute atomic E-state index is 12.4. The molecule has 1 aliphatic rings. The zero-order valence-corrected chi connectivity index (χ0v) is 14.9. The summed E-state index contributed by atoms with van der Waals surface area (Å²) in [5.41, 5.74) is 7.64. The van der Waals surface area contributed by atoms with Crippen molar-refractivity contribution in [2.45, 2.75) is 45.3 Å². The normalized spacial score (nSPS) is 24.8. The van der Waals surface area contributed by atoms with Crippen LogP contribution in [0.25, 0.3) is 0 Å². The van der Waals surface area contributed by atoms with Crippen LogP contribution < -0.4 is 20.9 Å². The second-order valence-electron chi connectivity index (χ2n) is 6.80. The highest BCUT2D eigenvalue weighted by atomic mass is 16.5. The van der Waals surface area contributed by atoms with Crippen LogP contribution in [0.1, 0.15) is 38.8 Å². The molecule has 0 aromatic heterocycles. The predicted molar refractivity (Wildman–Crippen MR) is 93.4 cm³/mol. The smallest absolute Gasteiger partial charge is 0.220 e. The van der Waals surface area contributed by atoms with Gasteiger partial charge in [0, 0.05) is 18.4 Å². The van der Waals surface area contributed by atoms with Crippen LogP contribution in [0.5, 0.6) is 5.75 Å². The standard InChI is InChI=1S/C18H29N3O3/c1-11(2)16(10-22)19-17(23)9-15-12(3)20-21-18(15)13-5-7-14(24-4)8-6-13/h5-8,11-12,15-16,18,20-22H,9-10H2,1-4H3,(H,19,23)/t12?,15?,16-,18?/m0/s1. The van der Waals surface area contributed by atoms with Gasteiger partial charge in [-0.25, -0.2) is 5.43 Å². The van der Waals surface area contributed by atoms with Crippen LogP contribution in [-0.4, -0.2) is 36.8 Å². The predicted octanol–water partition coefficient (Wildman–Crippen LogP) is 1.37. The number of hydrazine groups is 1. The molecular formula is C18H29N3O3. The molecule has 1 saturated heterocycles. The molecule has 0 saturated carbocycles. The summed E-state index contributed by atoms with van der Waals surface area (Å²) in [6.07, 6.45) is 0.404. The number of methoxy groups -OCH3 is 1. The number of rotatable bonds is 7. The molecule has 6 heteroatoms. The van der Waals surface area contributed by atoms with Crippen LogP contribution >= 0.6 is 0 Å². The maximum atomic E-state index is 12.4.